The molecule has 8 nitrogen and oxygen atoms in total. The minimum Gasteiger partial charge on any atom is -0.467 e. The first kappa shape index (κ1) is 25.9. The number of hydrogen-bond acceptors (Lipinski definition) is 8. The predicted octanol–water partition coefficient (Wildman–Crippen LogP) is 3.19. The van der Waals surface area contributed by atoms with Crippen LogP contribution in [0.2, 0.25) is 0 Å². The van der Waals surface area contributed by atoms with Crippen LogP contribution in [-0.2, 0) is 38.1 Å². The zero-order valence-corrected chi connectivity index (χ0v) is 19.3. The Bertz CT molecular complexity index is 580. The molecule has 0 N–H and O–H groups in total. The second-order valence-corrected chi connectivity index (χ2v) is 8.59. The van der Waals surface area contributed by atoms with Crippen LogP contribution in [0.15, 0.2) is 0 Å². The molecular weight excluding hydrogens is 404 g/mol. The third kappa shape index (κ3) is 8.25. The first-order chi connectivity index (χ1) is 14.8. The number of Topliss-reactive ketones (excluding diaryl/α,β-unsaturated/α-hetero) is 2. The van der Waals surface area contributed by atoms with Gasteiger partial charge >= 0.3 is 5.97 Å². The van der Waals surface area contributed by atoms with Gasteiger partial charge in [-0.25, -0.2) is 4.79 Å². The van der Waals surface area contributed by atoms with Gasteiger partial charge in [-0.15, -0.1) is 0 Å². The Hall–Kier alpha value is -1.35. The van der Waals surface area contributed by atoms with E-state index in [-0.39, 0.29) is 29.9 Å². The van der Waals surface area contributed by atoms with E-state index in [1.165, 1.54) is 7.11 Å². The van der Waals surface area contributed by atoms with Gasteiger partial charge in [0.15, 0.2) is 18.4 Å². The molecule has 0 saturated carbocycles. The van der Waals surface area contributed by atoms with E-state index in [2.05, 4.69) is 0 Å². The molecule has 2 heterocycles. The Morgan fingerprint density at radius 2 is 1.48 bits per heavy atom. The van der Waals surface area contributed by atoms with Crippen LogP contribution in [0.5, 0.6) is 0 Å². The summed E-state index contributed by atoms with van der Waals surface area (Å²) in [5.41, 5.74) is 0. The van der Waals surface area contributed by atoms with Crippen LogP contribution < -0.4 is 0 Å². The molecule has 0 aromatic heterocycles. The van der Waals surface area contributed by atoms with Crippen molar-refractivity contribution in [1.29, 1.82) is 0 Å². The van der Waals surface area contributed by atoms with Crippen molar-refractivity contribution >= 4 is 17.5 Å². The third-order valence-corrected chi connectivity index (χ3v) is 6.13. The smallest absolute Gasteiger partial charge is 0.342 e. The zero-order valence-electron chi connectivity index (χ0n) is 19.3. The van der Waals surface area contributed by atoms with Gasteiger partial charge in [-0.1, -0.05) is 13.8 Å². The lowest BCUT2D eigenvalue weighted by atomic mass is 9.90. The molecule has 6 atom stereocenters. The highest BCUT2D eigenvalue weighted by Crippen LogP contribution is 2.25. The first-order valence-electron chi connectivity index (χ1n) is 11.5. The fourth-order valence-electron chi connectivity index (χ4n) is 3.84. The van der Waals surface area contributed by atoms with Gasteiger partial charge in [0.25, 0.3) is 0 Å². The average Bonchev–Trinajstić information content (AvgIpc) is 2.79. The molecule has 2 saturated heterocycles. The van der Waals surface area contributed by atoms with Gasteiger partial charge in [0.2, 0.25) is 6.10 Å². The largest absolute Gasteiger partial charge is 0.467 e. The summed E-state index contributed by atoms with van der Waals surface area (Å²) in [5, 5.41) is 0. The molecule has 0 aliphatic carbocycles. The highest BCUT2D eigenvalue weighted by molar-refractivity contribution is 6.03. The molecule has 0 radical (unpaired) electrons. The van der Waals surface area contributed by atoms with E-state index in [4.69, 9.17) is 23.7 Å². The van der Waals surface area contributed by atoms with Crippen LogP contribution >= 0.6 is 0 Å². The first-order valence-corrected chi connectivity index (χ1v) is 11.5. The van der Waals surface area contributed by atoms with Gasteiger partial charge in [0.1, 0.15) is 5.78 Å². The summed E-state index contributed by atoms with van der Waals surface area (Å²) in [6.07, 6.45) is 3.74. The van der Waals surface area contributed by atoms with Crippen LogP contribution in [0.4, 0.5) is 0 Å². The van der Waals surface area contributed by atoms with Crippen molar-refractivity contribution < 1.29 is 38.1 Å². The van der Waals surface area contributed by atoms with Gasteiger partial charge in [-0.2, -0.15) is 0 Å². The van der Waals surface area contributed by atoms with Crippen molar-refractivity contribution in [3.63, 3.8) is 0 Å². The molecule has 0 bridgehead atoms. The van der Waals surface area contributed by atoms with Crippen molar-refractivity contribution in [3.05, 3.63) is 0 Å². The number of ketones is 2. The van der Waals surface area contributed by atoms with Crippen LogP contribution in [0.3, 0.4) is 0 Å². The monoisotopic (exact) mass is 442 g/mol. The van der Waals surface area contributed by atoms with Crippen LogP contribution in [0.25, 0.3) is 0 Å². The quantitative estimate of drug-likeness (QED) is 0.336. The fraction of sp³-hybridized carbons (Fsp3) is 0.870. The Balaban J connectivity index is 1.96. The van der Waals surface area contributed by atoms with Crippen LogP contribution in [0.1, 0.15) is 72.1 Å². The van der Waals surface area contributed by atoms with E-state index in [0.29, 0.717) is 32.5 Å². The number of hydrogen-bond donors (Lipinski definition) is 0. The molecule has 3 unspecified atom stereocenters. The Kier molecular flexibility index (Phi) is 11.1. The summed E-state index contributed by atoms with van der Waals surface area (Å²) >= 11 is 0. The molecule has 31 heavy (non-hydrogen) atoms. The summed E-state index contributed by atoms with van der Waals surface area (Å²) < 4.78 is 27.8. The van der Waals surface area contributed by atoms with Gasteiger partial charge in [-0.05, 0) is 58.3 Å². The minimum atomic E-state index is -1.31. The summed E-state index contributed by atoms with van der Waals surface area (Å²) in [6.45, 7) is 6.34. The molecule has 8 heteroatoms. The molecule has 0 aromatic carbocycles. The number of carbonyl (C=O) groups is 3. The van der Waals surface area contributed by atoms with Crippen molar-refractivity contribution in [2.24, 2.45) is 11.8 Å². The molecule has 0 aromatic rings. The number of rotatable bonds is 12. The maximum absolute atomic E-state index is 13.0. The Labute approximate surface area is 185 Å². The molecule has 0 spiro atoms. The maximum atomic E-state index is 13.0. The number of methoxy groups -OCH3 is 1. The highest BCUT2D eigenvalue weighted by atomic mass is 16.7. The van der Waals surface area contributed by atoms with Crippen molar-refractivity contribution in [1.82, 2.24) is 0 Å². The SMILES string of the molecule is COC(=O)C(OC1CCCCO1)C(=O)[C@H](C)CC[C@H](OC1CCCCO1)[C@H](C)C(C)=O. The fourth-order valence-corrected chi connectivity index (χ4v) is 3.84. The molecule has 0 amide bonds. The Morgan fingerprint density at radius 1 is 0.903 bits per heavy atom. The molecule has 178 valence electrons. The van der Waals surface area contributed by atoms with Crippen molar-refractivity contribution in [2.75, 3.05) is 20.3 Å². The summed E-state index contributed by atoms with van der Waals surface area (Å²) in [7, 11) is 1.24. The van der Waals surface area contributed by atoms with Gasteiger partial charge in [0.05, 0.1) is 13.2 Å². The van der Waals surface area contributed by atoms with Gasteiger partial charge in [0, 0.05) is 25.0 Å². The van der Waals surface area contributed by atoms with Crippen molar-refractivity contribution in [2.45, 2.75) is 96.9 Å². The van der Waals surface area contributed by atoms with E-state index in [1.807, 2.05) is 6.92 Å². The highest BCUT2D eigenvalue weighted by Gasteiger charge is 2.36. The summed E-state index contributed by atoms with van der Waals surface area (Å²) in [5.74, 6) is -1.80. The van der Waals surface area contributed by atoms with E-state index in [9.17, 15) is 14.4 Å². The number of carbonyl (C=O) groups excluding carboxylic acids is 3. The lowest BCUT2D eigenvalue weighted by Crippen LogP contribution is -2.42. The lowest BCUT2D eigenvalue weighted by molar-refractivity contribution is -0.204. The zero-order chi connectivity index (χ0) is 22.8. The second-order valence-electron chi connectivity index (χ2n) is 8.59. The van der Waals surface area contributed by atoms with Crippen LogP contribution in [0, 0.1) is 11.8 Å². The van der Waals surface area contributed by atoms with Crippen molar-refractivity contribution in [3.8, 4) is 0 Å². The molecular formula is C23H38O8. The van der Waals surface area contributed by atoms with Crippen LogP contribution in [-0.4, -0.2) is 62.6 Å². The average molecular weight is 443 g/mol. The number of ether oxygens (including phenoxy) is 5. The number of esters is 1. The molecule has 2 aliphatic heterocycles. The topological polar surface area (TPSA) is 97.4 Å². The van der Waals surface area contributed by atoms with Gasteiger partial charge < -0.3 is 23.7 Å². The summed E-state index contributed by atoms with van der Waals surface area (Å²) in [6, 6.07) is 0. The normalized spacial score (nSPS) is 25.8. The standard InChI is InChI=1S/C23H38O8/c1-15(21(25)22(23(26)27-4)31-20-10-6-8-14-29-20)11-12-18(16(2)17(3)24)30-19-9-5-7-13-28-19/h15-16,18-20,22H,5-14H2,1-4H3/t15-,16-,18+,19?,20?,22?/m1/s1. The molecule has 2 fully saturated rings. The van der Waals surface area contributed by atoms with E-state index >= 15 is 0 Å². The maximum Gasteiger partial charge on any atom is 0.342 e. The molecule has 2 rings (SSSR count). The minimum absolute atomic E-state index is 0.0324. The van der Waals surface area contributed by atoms with E-state index in [1.54, 1.807) is 13.8 Å². The second kappa shape index (κ2) is 13.3. The van der Waals surface area contributed by atoms with E-state index < -0.39 is 24.3 Å². The predicted molar refractivity (Wildman–Crippen MR) is 112 cm³/mol. The van der Waals surface area contributed by atoms with Gasteiger partial charge in [-0.3, -0.25) is 9.59 Å². The lowest BCUT2D eigenvalue weighted by Gasteiger charge is -2.31. The molecule has 2 aliphatic rings. The summed E-state index contributed by atoms with van der Waals surface area (Å²) in [4.78, 5) is 37.2. The third-order valence-electron chi connectivity index (χ3n) is 6.13. The van der Waals surface area contributed by atoms with E-state index in [0.717, 1.165) is 32.1 Å². The Morgan fingerprint density at radius 3 is 1.97 bits per heavy atom.